The number of fused-ring (bicyclic) bond motifs is 1. The van der Waals surface area contributed by atoms with Gasteiger partial charge in [0.05, 0.1) is 13.7 Å². The van der Waals surface area contributed by atoms with Gasteiger partial charge < -0.3 is 9.47 Å². The Morgan fingerprint density at radius 3 is 2.56 bits per heavy atom. The van der Waals surface area contributed by atoms with E-state index in [1.807, 2.05) is 28.8 Å². The van der Waals surface area contributed by atoms with Gasteiger partial charge in [0.25, 0.3) is 0 Å². The summed E-state index contributed by atoms with van der Waals surface area (Å²) in [6.07, 6.45) is 3.86. The largest absolute Gasteiger partial charge is 0.497 e. The highest BCUT2D eigenvalue weighted by molar-refractivity contribution is 7.16. The molecule has 1 saturated heterocycles. The van der Waals surface area contributed by atoms with Crippen molar-refractivity contribution in [1.29, 1.82) is 0 Å². The summed E-state index contributed by atoms with van der Waals surface area (Å²) in [5.41, 5.74) is 0. The number of methoxy groups -OCH3 is 1. The minimum absolute atomic E-state index is 0.420. The van der Waals surface area contributed by atoms with Crippen LogP contribution >= 0.6 is 11.3 Å². The van der Waals surface area contributed by atoms with Crippen LogP contribution in [0, 0.1) is 0 Å². The molecule has 0 N–H and O–H groups in total. The molecule has 0 bridgehead atoms. The van der Waals surface area contributed by atoms with E-state index in [0.29, 0.717) is 6.61 Å². The number of rotatable bonds is 6. The van der Waals surface area contributed by atoms with E-state index in [1.54, 1.807) is 7.11 Å². The SMILES string of the molecule is COc1ccc(OCc2nn3c(CN4CCCCC4)nnc3s2)cc1. The second-order valence-corrected chi connectivity index (χ2v) is 7.15. The van der Waals surface area contributed by atoms with Crippen LogP contribution in [0.1, 0.15) is 30.1 Å². The molecule has 7 nitrogen and oxygen atoms in total. The van der Waals surface area contributed by atoms with Crippen molar-refractivity contribution in [3.8, 4) is 11.5 Å². The maximum Gasteiger partial charge on any atom is 0.234 e. The Hall–Kier alpha value is -2.19. The topological polar surface area (TPSA) is 64.8 Å². The molecular weight excluding hydrogens is 338 g/mol. The van der Waals surface area contributed by atoms with Crippen molar-refractivity contribution in [2.24, 2.45) is 0 Å². The molecule has 0 radical (unpaired) electrons. The summed E-state index contributed by atoms with van der Waals surface area (Å²) in [7, 11) is 1.65. The van der Waals surface area contributed by atoms with Gasteiger partial charge >= 0.3 is 0 Å². The molecule has 3 heterocycles. The zero-order valence-electron chi connectivity index (χ0n) is 14.2. The first-order valence-electron chi connectivity index (χ1n) is 8.51. The van der Waals surface area contributed by atoms with Crippen molar-refractivity contribution in [2.75, 3.05) is 20.2 Å². The number of ether oxygens (including phenoxy) is 2. The molecule has 0 spiro atoms. The highest BCUT2D eigenvalue weighted by Crippen LogP contribution is 2.21. The molecule has 0 atom stereocenters. The highest BCUT2D eigenvalue weighted by atomic mass is 32.1. The van der Waals surface area contributed by atoms with Gasteiger partial charge in [-0.1, -0.05) is 17.8 Å². The molecule has 0 amide bonds. The van der Waals surface area contributed by atoms with E-state index in [2.05, 4.69) is 20.2 Å². The maximum atomic E-state index is 5.80. The molecule has 2 aromatic heterocycles. The zero-order chi connectivity index (χ0) is 17.1. The van der Waals surface area contributed by atoms with Crippen molar-refractivity contribution in [3.05, 3.63) is 35.1 Å². The van der Waals surface area contributed by atoms with Gasteiger partial charge in [-0.05, 0) is 50.2 Å². The molecule has 132 valence electrons. The summed E-state index contributed by atoms with van der Waals surface area (Å²) >= 11 is 1.52. The number of hydrogen-bond acceptors (Lipinski definition) is 7. The Morgan fingerprint density at radius 1 is 1.04 bits per heavy atom. The number of aromatic nitrogens is 4. The maximum absolute atomic E-state index is 5.80. The van der Waals surface area contributed by atoms with Gasteiger partial charge in [0.1, 0.15) is 18.1 Å². The van der Waals surface area contributed by atoms with E-state index in [9.17, 15) is 0 Å². The van der Waals surface area contributed by atoms with E-state index >= 15 is 0 Å². The lowest BCUT2D eigenvalue weighted by molar-refractivity contribution is 0.214. The molecule has 4 rings (SSSR count). The Labute approximate surface area is 150 Å². The molecule has 1 aromatic carbocycles. The normalized spacial score (nSPS) is 15.6. The fourth-order valence-electron chi connectivity index (χ4n) is 2.99. The number of likely N-dealkylation sites (tertiary alicyclic amines) is 1. The molecule has 0 aliphatic carbocycles. The zero-order valence-corrected chi connectivity index (χ0v) is 15.0. The first-order chi connectivity index (χ1) is 12.3. The third-order valence-electron chi connectivity index (χ3n) is 4.33. The smallest absolute Gasteiger partial charge is 0.234 e. The van der Waals surface area contributed by atoms with Crippen molar-refractivity contribution in [2.45, 2.75) is 32.4 Å². The minimum atomic E-state index is 0.420. The number of benzene rings is 1. The van der Waals surface area contributed by atoms with Gasteiger partial charge in [-0.3, -0.25) is 4.90 Å². The molecule has 3 aromatic rings. The standard InChI is InChI=1S/C17H21N5O2S/c1-23-13-5-7-14(8-6-13)24-12-16-20-22-15(18-19-17(22)25-16)11-21-9-3-2-4-10-21/h5-8H,2-4,9-12H2,1H3. The van der Waals surface area contributed by atoms with Crippen molar-refractivity contribution < 1.29 is 9.47 Å². The van der Waals surface area contributed by atoms with E-state index < -0.39 is 0 Å². The number of nitrogens with zero attached hydrogens (tertiary/aromatic N) is 5. The molecule has 25 heavy (non-hydrogen) atoms. The van der Waals surface area contributed by atoms with E-state index in [1.165, 1.54) is 30.6 Å². The molecule has 0 saturated carbocycles. The van der Waals surface area contributed by atoms with Crippen LogP contribution in [0.25, 0.3) is 4.96 Å². The lowest BCUT2D eigenvalue weighted by atomic mass is 10.1. The molecule has 1 aliphatic heterocycles. The van der Waals surface area contributed by atoms with Crippen molar-refractivity contribution in [1.82, 2.24) is 24.7 Å². The lowest BCUT2D eigenvalue weighted by Gasteiger charge is -2.25. The molecule has 0 unspecified atom stereocenters. The van der Waals surface area contributed by atoms with Crippen LogP contribution in [0.3, 0.4) is 0 Å². The fourth-order valence-corrected chi connectivity index (χ4v) is 3.75. The summed E-state index contributed by atoms with van der Waals surface area (Å²) in [5, 5.41) is 14.1. The minimum Gasteiger partial charge on any atom is -0.497 e. The van der Waals surface area contributed by atoms with Crippen LogP contribution in [-0.4, -0.2) is 44.9 Å². The summed E-state index contributed by atoms with van der Waals surface area (Å²) < 4.78 is 12.8. The second kappa shape index (κ2) is 7.37. The Morgan fingerprint density at radius 2 is 1.80 bits per heavy atom. The van der Waals surface area contributed by atoms with E-state index in [4.69, 9.17) is 9.47 Å². The average molecular weight is 359 g/mol. The quantitative estimate of drug-likeness (QED) is 0.674. The molecule has 1 fully saturated rings. The fraction of sp³-hybridized carbons (Fsp3) is 0.471. The van der Waals surface area contributed by atoms with Gasteiger partial charge in [0, 0.05) is 0 Å². The van der Waals surface area contributed by atoms with Crippen LogP contribution < -0.4 is 9.47 Å². The van der Waals surface area contributed by atoms with Gasteiger partial charge in [0.2, 0.25) is 4.96 Å². The van der Waals surface area contributed by atoms with Crippen LogP contribution in [0.2, 0.25) is 0 Å². The third-order valence-corrected chi connectivity index (χ3v) is 5.21. The predicted molar refractivity (Wildman–Crippen MR) is 95.1 cm³/mol. The number of hydrogen-bond donors (Lipinski definition) is 0. The average Bonchev–Trinajstić information content (AvgIpc) is 3.23. The Kier molecular flexibility index (Phi) is 4.80. The van der Waals surface area contributed by atoms with Crippen molar-refractivity contribution in [3.63, 3.8) is 0 Å². The summed E-state index contributed by atoms with van der Waals surface area (Å²) in [5.74, 6) is 2.51. The summed E-state index contributed by atoms with van der Waals surface area (Å²) in [6, 6.07) is 7.54. The van der Waals surface area contributed by atoms with Crippen LogP contribution in [0.5, 0.6) is 11.5 Å². The van der Waals surface area contributed by atoms with Crippen LogP contribution in [-0.2, 0) is 13.2 Å². The first-order valence-corrected chi connectivity index (χ1v) is 9.33. The second-order valence-electron chi connectivity index (χ2n) is 6.11. The highest BCUT2D eigenvalue weighted by Gasteiger charge is 2.17. The summed E-state index contributed by atoms with van der Waals surface area (Å²) in [4.78, 5) is 3.24. The predicted octanol–water partition coefficient (Wildman–Crippen LogP) is 2.76. The van der Waals surface area contributed by atoms with Gasteiger partial charge in [-0.15, -0.1) is 10.2 Å². The Balaban J connectivity index is 1.42. The third kappa shape index (κ3) is 3.74. The van der Waals surface area contributed by atoms with Crippen LogP contribution in [0.4, 0.5) is 0 Å². The van der Waals surface area contributed by atoms with E-state index in [-0.39, 0.29) is 0 Å². The van der Waals surface area contributed by atoms with Gasteiger partial charge in [0.15, 0.2) is 10.8 Å². The molecule has 1 aliphatic rings. The summed E-state index contributed by atoms with van der Waals surface area (Å²) in [6.45, 7) is 3.49. The monoisotopic (exact) mass is 359 g/mol. The van der Waals surface area contributed by atoms with Gasteiger partial charge in [-0.2, -0.15) is 9.61 Å². The van der Waals surface area contributed by atoms with Crippen molar-refractivity contribution >= 4 is 16.3 Å². The molecular formula is C17H21N5O2S. The van der Waals surface area contributed by atoms with E-state index in [0.717, 1.165) is 46.9 Å². The Bertz CT molecular complexity index is 823. The molecule has 8 heteroatoms. The first kappa shape index (κ1) is 16.3. The lowest BCUT2D eigenvalue weighted by Crippen LogP contribution is -2.30. The number of piperidine rings is 1. The van der Waals surface area contributed by atoms with Crippen LogP contribution in [0.15, 0.2) is 24.3 Å². The van der Waals surface area contributed by atoms with Gasteiger partial charge in [-0.25, -0.2) is 0 Å².